The largest absolute Gasteiger partial charge is 0.459 e. The fourth-order valence-corrected chi connectivity index (χ4v) is 2.21. The Morgan fingerprint density at radius 1 is 1.04 bits per heavy atom. The van der Waals surface area contributed by atoms with E-state index in [2.05, 4.69) is 22.5 Å². The number of rotatable bonds is 9. The van der Waals surface area contributed by atoms with Crippen molar-refractivity contribution in [3.05, 3.63) is 66.6 Å². The summed E-state index contributed by atoms with van der Waals surface area (Å²) in [6, 6.07) is 9.96. The molecule has 0 fully saturated rings. The summed E-state index contributed by atoms with van der Waals surface area (Å²) in [5.41, 5.74) is 0.826. The molecule has 2 aromatic rings. The van der Waals surface area contributed by atoms with Crippen LogP contribution in [0.1, 0.15) is 33.8 Å². The van der Waals surface area contributed by atoms with Crippen molar-refractivity contribution in [3.8, 4) is 0 Å². The summed E-state index contributed by atoms with van der Waals surface area (Å²) in [5, 5.41) is 8.07. The lowest BCUT2D eigenvalue weighted by Crippen LogP contribution is -2.26. The van der Waals surface area contributed by atoms with Crippen LogP contribution >= 0.6 is 0 Å². The fraction of sp³-hybridized carbons (Fsp3) is 0.211. The first-order valence-electron chi connectivity index (χ1n) is 8.21. The van der Waals surface area contributed by atoms with Gasteiger partial charge in [-0.1, -0.05) is 18.2 Å². The van der Waals surface area contributed by atoms with Crippen LogP contribution in [0.3, 0.4) is 0 Å². The zero-order valence-electron chi connectivity index (χ0n) is 14.3. The van der Waals surface area contributed by atoms with Gasteiger partial charge >= 0.3 is 0 Å². The van der Waals surface area contributed by atoms with Crippen LogP contribution < -0.4 is 16.0 Å². The van der Waals surface area contributed by atoms with E-state index in [1.807, 2.05) is 0 Å². The Morgan fingerprint density at radius 3 is 2.58 bits per heavy atom. The average Bonchev–Trinajstić information content (AvgIpc) is 3.18. The molecule has 0 radical (unpaired) electrons. The van der Waals surface area contributed by atoms with Crippen molar-refractivity contribution in [2.24, 2.45) is 0 Å². The maximum Gasteiger partial charge on any atom is 0.286 e. The third-order valence-corrected chi connectivity index (χ3v) is 3.46. The van der Waals surface area contributed by atoms with Crippen LogP contribution in [0.15, 0.2) is 59.7 Å². The molecule has 0 saturated heterocycles. The zero-order chi connectivity index (χ0) is 18.8. The van der Waals surface area contributed by atoms with Gasteiger partial charge in [0, 0.05) is 19.5 Å². The van der Waals surface area contributed by atoms with Crippen LogP contribution in [-0.2, 0) is 4.79 Å². The molecule has 1 aromatic carbocycles. The quantitative estimate of drug-likeness (QED) is 0.475. The summed E-state index contributed by atoms with van der Waals surface area (Å²) in [7, 11) is 0. The first kappa shape index (κ1) is 19.0. The highest BCUT2D eigenvalue weighted by Gasteiger charge is 2.12. The summed E-state index contributed by atoms with van der Waals surface area (Å²) >= 11 is 0. The van der Waals surface area contributed by atoms with Crippen LogP contribution in [-0.4, -0.2) is 30.8 Å². The second kappa shape index (κ2) is 9.83. The Morgan fingerprint density at radius 2 is 1.85 bits per heavy atom. The first-order valence-corrected chi connectivity index (χ1v) is 8.21. The SMILES string of the molecule is C=CCNC(=O)c1ccccc1NC(=O)CCCNC(=O)c1ccco1. The Kier molecular flexibility index (Phi) is 7.17. The number of amides is 3. The van der Waals surface area contributed by atoms with Gasteiger partial charge in [0.05, 0.1) is 17.5 Å². The summed E-state index contributed by atoms with van der Waals surface area (Å²) in [6.07, 6.45) is 3.67. The highest BCUT2D eigenvalue weighted by atomic mass is 16.3. The third kappa shape index (κ3) is 5.62. The van der Waals surface area contributed by atoms with Gasteiger partial charge in [-0.2, -0.15) is 0 Å². The minimum Gasteiger partial charge on any atom is -0.459 e. The predicted molar refractivity (Wildman–Crippen MR) is 97.9 cm³/mol. The Hall–Kier alpha value is -3.35. The number of carbonyl (C=O) groups is 3. The topological polar surface area (TPSA) is 100 Å². The van der Waals surface area contributed by atoms with Crippen molar-refractivity contribution >= 4 is 23.4 Å². The normalized spacial score (nSPS) is 10.0. The molecular weight excluding hydrogens is 334 g/mol. The number of carbonyl (C=O) groups excluding carboxylic acids is 3. The molecule has 0 aliphatic heterocycles. The molecule has 0 atom stereocenters. The molecule has 1 aromatic heterocycles. The van der Waals surface area contributed by atoms with E-state index in [0.29, 0.717) is 30.8 Å². The molecule has 2 rings (SSSR count). The smallest absolute Gasteiger partial charge is 0.286 e. The van der Waals surface area contributed by atoms with Crippen molar-refractivity contribution in [2.45, 2.75) is 12.8 Å². The highest BCUT2D eigenvalue weighted by Crippen LogP contribution is 2.15. The summed E-state index contributed by atoms with van der Waals surface area (Å²) in [6.45, 7) is 4.23. The number of anilines is 1. The van der Waals surface area contributed by atoms with E-state index in [1.165, 1.54) is 6.26 Å². The van der Waals surface area contributed by atoms with Gasteiger partial charge in [-0.05, 0) is 30.7 Å². The second-order valence-corrected chi connectivity index (χ2v) is 5.43. The number of hydrogen-bond donors (Lipinski definition) is 3. The van der Waals surface area contributed by atoms with E-state index in [9.17, 15) is 14.4 Å². The molecule has 0 unspecified atom stereocenters. The van der Waals surface area contributed by atoms with Gasteiger partial charge in [-0.15, -0.1) is 6.58 Å². The van der Waals surface area contributed by atoms with Gasteiger partial charge in [-0.25, -0.2) is 0 Å². The van der Waals surface area contributed by atoms with Crippen LogP contribution in [0.5, 0.6) is 0 Å². The van der Waals surface area contributed by atoms with Crippen LogP contribution in [0, 0.1) is 0 Å². The van der Waals surface area contributed by atoms with Crippen molar-refractivity contribution in [2.75, 3.05) is 18.4 Å². The average molecular weight is 355 g/mol. The first-order chi connectivity index (χ1) is 12.6. The zero-order valence-corrected chi connectivity index (χ0v) is 14.3. The standard InChI is InChI=1S/C19H21N3O4/c1-2-11-20-18(24)14-7-3-4-8-15(14)22-17(23)10-5-12-21-19(25)16-9-6-13-26-16/h2-4,6-9,13H,1,5,10-12H2,(H,20,24)(H,21,25)(H,22,23). The molecule has 136 valence electrons. The molecule has 0 aliphatic carbocycles. The lowest BCUT2D eigenvalue weighted by Gasteiger charge is -2.11. The predicted octanol–water partition coefficient (Wildman–Crippen LogP) is 2.34. The molecule has 1 heterocycles. The number of hydrogen-bond acceptors (Lipinski definition) is 4. The maximum atomic E-state index is 12.1. The molecule has 0 saturated carbocycles. The van der Waals surface area contributed by atoms with E-state index in [4.69, 9.17) is 4.42 Å². The van der Waals surface area contributed by atoms with Crippen LogP contribution in [0.2, 0.25) is 0 Å². The highest BCUT2D eigenvalue weighted by molar-refractivity contribution is 6.03. The van der Waals surface area contributed by atoms with E-state index in [1.54, 1.807) is 42.5 Å². The van der Waals surface area contributed by atoms with Gasteiger partial charge in [0.1, 0.15) is 0 Å². The lowest BCUT2D eigenvalue weighted by atomic mass is 10.1. The van der Waals surface area contributed by atoms with E-state index >= 15 is 0 Å². The molecular formula is C19H21N3O4. The molecule has 0 aliphatic rings. The van der Waals surface area contributed by atoms with E-state index < -0.39 is 0 Å². The minimum atomic E-state index is -0.320. The number of para-hydroxylation sites is 1. The molecule has 3 amide bonds. The molecule has 26 heavy (non-hydrogen) atoms. The molecule has 7 heteroatoms. The van der Waals surface area contributed by atoms with Crippen molar-refractivity contribution in [3.63, 3.8) is 0 Å². The van der Waals surface area contributed by atoms with Gasteiger partial charge in [0.2, 0.25) is 5.91 Å². The summed E-state index contributed by atoms with van der Waals surface area (Å²) in [5.74, 6) is -0.610. The van der Waals surface area contributed by atoms with E-state index in [-0.39, 0.29) is 29.9 Å². The molecule has 7 nitrogen and oxygen atoms in total. The Bertz CT molecular complexity index is 769. The number of furan rings is 1. The minimum absolute atomic E-state index is 0.209. The summed E-state index contributed by atoms with van der Waals surface area (Å²) < 4.78 is 4.98. The second-order valence-electron chi connectivity index (χ2n) is 5.43. The van der Waals surface area contributed by atoms with Crippen molar-refractivity contribution < 1.29 is 18.8 Å². The fourth-order valence-electron chi connectivity index (χ4n) is 2.21. The third-order valence-electron chi connectivity index (χ3n) is 3.46. The number of nitrogens with one attached hydrogen (secondary N) is 3. The van der Waals surface area contributed by atoms with Gasteiger partial charge in [-0.3, -0.25) is 14.4 Å². The van der Waals surface area contributed by atoms with E-state index in [0.717, 1.165) is 0 Å². The van der Waals surface area contributed by atoms with Gasteiger partial charge in [0.15, 0.2) is 5.76 Å². The molecule has 3 N–H and O–H groups in total. The lowest BCUT2D eigenvalue weighted by molar-refractivity contribution is -0.116. The van der Waals surface area contributed by atoms with Gasteiger partial charge < -0.3 is 20.4 Å². The van der Waals surface area contributed by atoms with Crippen LogP contribution in [0.4, 0.5) is 5.69 Å². The van der Waals surface area contributed by atoms with Crippen LogP contribution in [0.25, 0.3) is 0 Å². The summed E-state index contributed by atoms with van der Waals surface area (Å²) in [4.78, 5) is 35.9. The Labute approximate surface area is 151 Å². The van der Waals surface area contributed by atoms with Crippen molar-refractivity contribution in [1.82, 2.24) is 10.6 Å². The monoisotopic (exact) mass is 355 g/mol. The van der Waals surface area contributed by atoms with Gasteiger partial charge in [0.25, 0.3) is 11.8 Å². The molecule has 0 bridgehead atoms. The Balaban J connectivity index is 1.79. The molecule has 0 spiro atoms. The maximum absolute atomic E-state index is 12.1. The van der Waals surface area contributed by atoms with Crippen molar-refractivity contribution in [1.29, 1.82) is 0 Å². The number of benzene rings is 1.